The van der Waals surface area contributed by atoms with Crippen LogP contribution >= 0.6 is 0 Å². The zero-order valence-corrected chi connectivity index (χ0v) is 14.3. The molecule has 2 aliphatic rings. The van der Waals surface area contributed by atoms with Crippen LogP contribution in [0, 0.1) is 12.8 Å². The Kier molecular flexibility index (Phi) is 5.07. The molecule has 2 heterocycles. The molecule has 1 saturated carbocycles. The van der Waals surface area contributed by atoms with Crippen molar-refractivity contribution in [3.8, 4) is 0 Å². The van der Waals surface area contributed by atoms with Crippen molar-refractivity contribution >= 4 is 5.91 Å². The Labute approximate surface area is 138 Å². The third-order valence-electron chi connectivity index (χ3n) is 5.11. The summed E-state index contributed by atoms with van der Waals surface area (Å²) in [5.74, 6) is 2.49. The lowest BCUT2D eigenvalue weighted by atomic mass is 9.84. The maximum atomic E-state index is 12.2. The van der Waals surface area contributed by atoms with Crippen molar-refractivity contribution < 1.29 is 13.9 Å². The Morgan fingerprint density at radius 2 is 2.13 bits per heavy atom. The first-order valence-electron chi connectivity index (χ1n) is 8.69. The van der Waals surface area contributed by atoms with E-state index in [0.29, 0.717) is 6.61 Å². The molecular formula is C18H28N2O3. The third-order valence-corrected chi connectivity index (χ3v) is 5.11. The fourth-order valence-electron chi connectivity index (χ4n) is 3.37. The molecule has 0 bridgehead atoms. The molecule has 3 rings (SSSR count). The van der Waals surface area contributed by atoms with E-state index in [1.165, 1.54) is 0 Å². The van der Waals surface area contributed by atoms with Gasteiger partial charge in [-0.2, -0.15) is 0 Å². The molecule has 5 heteroatoms. The minimum absolute atomic E-state index is 0.0920. The van der Waals surface area contributed by atoms with Crippen molar-refractivity contribution in [2.75, 3.05) is 26.8 Å². The molecule has 0 aromatic carbocycles. The van der Waals surface area contributed by atoms with Gasteiger partial charge < -0.3 is 14.5 Å². The van der Waals surface area contributed by atoms with E-state index in [2.05, 4.69) is 16.3 Å². The van der Waals surface area contributed by atoms with E-state index in [1.54, 1.807) is 7.11 Å². The number of hydrogen-bond acceptors (Lipinski definition) is 4. The standard InChI is InChI=1S/C18H28N2O3/c1-14-3-6-16(23-14)13-20-10-7-18(8-11-20,9-12-22-2)19-17(21)15-4-5-15/h3,6,15H,4-5,7-13H2,1-2H3,(H,19,21). The van der Waals surface area contributed by atoms with Gasteiger partial charge in [0.1, 0.15) is 11.5 Å². The highest BCUT2D eigenvalue weighted by atomic mass is 16.5. The van der Waals surface area contributed by atoms with Crippen LogP contribution in [0.5, 0.6) is 0 Å². The van der Waals surface area contributed by atoms with Gasteiger partial charge in [-0.3, -0.25) is 9.69 Å². The normalized spacial score (nSPS) is 21.3. The van der Waals surface area contributed by atoms with Gasteiger partial charge in [0.25, 0.3) is 0 Å². The number of furan rings is 1. The Morgan fingerprint density at radius 1 is 1.39 bits per heavy atom. The van der Waals surface area contributed by atoms with Crippen molar-refractivity contribution in [3.05, 3.63) is 23.7 Å². The van der Waals surface area contributed by atoms with Gasteiger partial charge in [0, 0.05) is 38.3 Å². The van der Waals surface area contributed by atoms with Gasteiger partial charge in [-0.1, -0.05) is 0 Å². The predicted octanol–water partition coefficient (Wildman–Crippen LogP) is 2.49. The zero-order chi connectivity index (χ0) is 16.3. The summed E-state index contributed by atoms with van der Waals surface area (Å²) in [4.78, 5) is 14.6. The van der Waals surface area contributed by atoms with Crippen molar-refractivity contribution in [1.82, 2.24) is 10.2 Å². The summed E-state index contributed by atoms with van der Waals surface area (Å²) in [6.07, 6.45) is 4.96. The second-order valence-electron chi connectivity index (χ2n) is 7.08. The molecular weight excluding hydrogens is 292 g/mol. The van der Waals surface area contributed by atoms with Crippen LogP contribution in [0.25, 0.3) is 0 Å². The van der Waals surface area contributed by atoms with Crippen LogP contribution in [0.2, 0.25) is 0 Å². The van der Waals surface area contributed by atoms with E-state index >= 15 is 0 Å². The quantitative estimate of drug-likeness (QED) is 0.838. The minimum Gasteiger partial charge on any atom is -0.465 e. The SMILES string of the molecule is COCCC1(NC(=O)C2CC2)CCN(Cc2ccc(C)o2)CC1. The van der Waals surface area contributed by atoms with E-state index < -0.39 is 0 Å². The number of ether oxygens (including phenoxy) is 1. The number of carbonyl (C=O) groups excluding carboxylic acids is 1. The highest BCUT2D eigenvalue weighted by Gasteiger charge is 2.39. The van der Waals surface area contributed by atoms with Crippen LogP contribution in [0.1, 0.15) is 43.6 Å². The molecule has 0 spiro atoms. The first-order chi connectivity index (χ1) is 11.1. The zero-order valence-electron chi connectivity index (χ0n) is 14.3. The van der Waals surface area contributed by atoms with Gasteiger partial charge in [0.2, 0.25) is 5.91 Å². The number of amides is 1. The molecule has 1 aromatic heterocycles. The summed E-state index contributed by atoms with van der Waals surface area (Å²) in [5, 5.41) is 3.35. The van der Waals surface area contributed by atoms with Gasteiger partial charge in [0.15, 0.2) is 0 Å². The van der Waals surface area contributed by atoms with E-state index in [1.807, 2.05) is 13.0 Å². The van der Waals surface area contributed by atoms with Gasteiger partial charge in [-0.25, -0.2) is 0 Å². The first-order valence-corrected chi connectivity index (χ1v) is 8.69. The highest BCUT2D eigenvalue weighted by Crippen LogP contribution is 2.33. The lowest BCUT2D eigenvalue weighted by molar-refractivity contribution is -0.125. The van der Waals surface area contributed by atoms with Crippen molar-refractivity contribution in [1.29, 1.82) is 0 Å². The number of likely N-dealkylation sites (tertiary alicyclic amines) is 1. The number of rotatable bonds is 7. The Hall–Kier alpha value is -1.33. The number of methoxy groups -OCH3 is 1. The Bertz CT molecular complexity index is 528. The summed E-state index contributed by atoms with van der Waals surface area (Å²) < 4.78 is 10.9. The second-order valence-corrected chi connectivity index (χ2v) is 7.08. The fourth-order valence-corrected chi connectivity index (χ4v) is 3.37. The highest BCUT2D eigenvalue weighted by molar-refractivity contribution is 5.81. The maximum Gasteiger partial charge on any atom is 0.223 e. The smallest absolute Gasteiger partial charge is 0.223 e. The molecule has 128 valence electrons. The summed E-state index contributed by atoms with van der Waals surface area (Å²) in [6.45, 7) is 5.48. The van der Waals surface area contributed by atoms with Crippen LogP contribution in [0.15, 0.2) is 16.5 Å². The summed E-state index contributed by atoms with van der Waals surface area (Å²) in [5.41, 5.74) is -0.0920. The molecule has 23 heavy (non-hydrogen) atoms. The second kappa shape index (κ2) is 7.05. The van der Waals surface area contributed by atoms with E-state index in [9.17, 15) is 4.79 Å². The first kappa shape index (κ1) is 16.5. The lowest BCUT2D eigenvalue weighted by Gasteiger charge is -2.42. The van der Waals surface area contributed by atoms with Crippen LogP contribution in [0.3, 0.4) is 0 Å². The molecule has 1 N–H and O–H groups in total. The van der Waals surface area contributed by atoms with Gasteiger partial charge in [-0.05, 0) is 51.2 Å². The molecule has 5 nitrogen and oxygen atoms in total. The number of piperidine rings is 1. The number of nitrogens with one attached hydrogen (secondary N) is 1. The third kappa shape index (κ3) is 4.36. The van der Waals surface area contributed by atoms with Crippen molar-refractivity contribution in [2.45, 2.75) is 51.1 Å². The molecule has 1 aliphatic heterocycles. The van der Waals surface area contributed by atoms with E-state index in [0.717, 1.165) is 63.3 Å². The number of aryl methyl sites for hydroxylation is 1. The average molecular weight is 320 g/mol. The molecule has 0 atom stereocenters. The van der Waals surface area contributed by atoms with Crippen molar-refractivity contribution in [2.24, 2.45) is 5.92 Å². The Balaban J connectivity index is 1.56. The van der Waals surface area contributed by atoms with Crippen LogP contribution < -0.4 is 5.32 Å². The van der Waals surface area contributed by atoms with Crippen LogP contribution in [-0.4, -0.2) is 43.2 Å². The molecule has 0 radical (unpaired) electrons. The van der Waals surface area contributed by atoms with E-state index in [4.69, 9.17) is 9.15 Å². The largest absolute Gasteiger partial charge is 0.465 e. The minimum atomic E-state index is -0.0920. The Morgan fingerprint density at radius 3 is 2.70 bits per heavy atom. The molecule has 2 fully saturated rings. The van der Waals surface area contributed by atoms with Gasteiger partial charge in [-0.15, -0.1) is 0 Å². The number of hydrogen-bond donors (Lipinski definition) is 1. The number of carbonyl (C=O) groups is 1. The van der Waals surface area contributed by atoms with Crippen molar-refractivity contribution in [3.63, 3.8) is 0 Å². The molecule has 1 aromatic rings. The summed E-state index contributed by atoms with van der Waals surface area (Å²) in [6, 6.07) is 4.06. The number of nitrogens with zero attached hydrogens (tertiary/aromatic N) is 1. The monoisotopic (exact) mass is 320 g/mol. The van der Waals surface area contributed by atoms with Crippen LogP contribution in [-0.2, 0) is 16.1 Å². The average Bonchev–Trinajstić information content (AvgIpc) is 3.32. The van der Waals surface area contributed by atoms with E-state index in [-0.39, 0.29) is 17.4 Å². The summed E-state index contributed by atoms with van der Waals surface area (Å²) >= 11 is 0. The lowest BCUT2D eigenvalue weighted by Crippen LogP contribution is -2.56. The van der Waals surface area contributed by atoms with Crippen LogP contribution in [0.4, 0.5) is 0 Å². The maximum absolute atomic E-state index is 12.2. The molecule has 1 aliphatic carbocycles. The molecule has 1 saturated heterocycles. The molecule has 1 amide bonds. The molecule has 0 unspecified atom stereocenters. The van der Waals surface area contributed by atoms with Gasteiger partial charge in [0.05, 0.1) is 6.54 Å². The summed E-state index contributed by atoms with van der Waals surface area (Å²) in [7, 11) is 1.73. The van der Waals surface area contributed by atoms with Gasteiger partial charge >= 0.3 is 0 Å². The predicted molar refractivity (Wildman–Crippen MR) is 88.0 cm³/mol. The topological polar surface area (TPSA) is 54.7 Å². The fraction of sp³-hybridized carbons (Fsp3) is 0.722.